The second-order valence-electron chi connectivity index (χ2n) is 5.65. The number of hydrogen-bond acceptors (Lipinski definition) is 1. The molecule has 1 amide bonds. The van der Waals surface area contributed by atoms with E-state index in [1.807, 2.05) is 24.3 Å². The maximum atomic E-state index is 11.7. The van der Waals surface area contributed by atoms with Crippen molar-refractivity contribution in [1.29, 1.82) is 0 Å². The Morgan fingerprint density at radius 2 is 2.00 bits per heavy atom. The minimum atomic E-state index is -0.325. The van der Waals surface area contributed by atoms with Crippen molar-refractivity contribution in [2.45, 2.75) is 38.6 Å². The van der Waals surface area contributed by atoms with Crippen molar-refractivity contribution in [3.8, 4) is 0 Å². The van der Waals surface area contributed by atoms with Crippen molar-refractivity contribution in [3.05, 3.63) is 36.0 Å². The Morgan fingerprint density at radius 3 is 2.74 bits per heavy atom. The zero-order valence-corrected chi connectivity index (χ0v) is 11.3. The number of fused-ring (bicyclic) bond motifs is 1. The standard InChI is InChI=1S/C16H20N2O/c1-11-6-2-4-8-13(11)18-14-9-5-3-7-12(14)10-15(18)16(17)19/h3,5,7,9-11,13H,2,4,6,8H2,1H3,(H2,17,19)/t11-,13+/m0/s1. The quantitative estimate of drug-likeness (QED) is 0.878. The van der Waals surface area contributed by atoms with Gasteiger partial charge in [0.15, 0.2) is 0 Å². The molecule has 2 atom stereocenters. The Kier molecular flexibility index (Phi) is 3.05. The number of carbonyl (C=O) groups excluding carboxylic acids is 1. The Labute approximate surface area is 113 Å². The first-order valence-corrected chi connectivity index (χ1v) is 7.08. The molecule has 0 saturated heterocycles. The van der Waals surface area contributed by atoms with Crippen LogP contribution < -0.4 is 5.73 Å². The maximum Gasteiger partial charge on any atom is 0.265 e. The van der Waals surface area contributed by atoms with Gasteiger partial charge in [0.2, 0.25) is 0 Å². The molecule has 2 N–H and O–H groups in total. The molecule has 3 heteroatoms. The Bertz CT molecular complexity index is 614. The van der Waals surface area contributed by atoms with Gasteiger partial charge in [-0.2, -0.15) is 0 Å². The fourth-order valence-corrected chi connectivity index (χ4v) is 3.40. The molecule has 1 fully saturated rings. The Morgan fingerprint density at radius 1 is 1.26 bits per heavy atom. The highest BCUT2D eigenvalue weighted by Crippen LogP contribution is 2.37. The lowest BCUT2D eigenvalue weighted by Crippen LogP contribution is -2.26. The number of carbonyl (C=O) groups is 1. The van der Waals surface area contributed by atoms with Crippen molar-refractivity contribution in [1.82, 2.24) is 4.57 Å². The van der Waals surface area contributed by atoms with Gasteiger partial charge in [0.1, 0.15) is 5.69 Å². The summed E-state index contributed by atoms with van der Waals surface area (Å²) >= 11 is 0. The van der Waals surface area contributed by atoms with E-state index < -0.39 is 0 Å². The third-order valence-electron chi connectivity index (χ3n) is 4.40. The first kappa shape index (κ1) is 12.3. The lowest BCUT2D eigenvalue weighted by Gasteiger charge is -2.31. The maximum absolute atomic E-state index is 11.7. The molecule has 1 saturated carbocycles. The minimum Gasteiger partial charge on any atom is -0.364 e. The van der Waals surface area contributed by atoms with Crippen LogP contribution in [0.3, 0.4) is 0 Å². The Hall–Kier alpha value is -1.77. The molecule has 1 aliphatic rings. The average Bonchev–Trinajstić information content (AvgIpc) is 2.79. The van der Waals surface area contributed by atoms with Gasteiger partial charge in [-0.3, -0.25) is 4.79 Å². The SMILES string of the molecule is C[C@H]1CCCC[C@H]1n1c(C(N)=O)cc2ccccc21. The molecule has 0 unspecified atom stereocenters. The number of para-hydroxylation sites is 1. The number of aromatic nitrogens is 1. The molecule has 0 aliphatic heterocycles. The van der Waals surface area contributed by atoms with E-state index in [1.165, 1.54) is 19.3 Å². The highest BCUT2D eigenvalue weighted by molar-refractivity contribution is 5.97. The lowest BCUT2D eigenvalue weighted by atomic mass is 9.85. The third kappa shape index (κ3) is 2.03. The molecule has 2 aromatic rings. The normalized spacial score (nSPS) is 23.6. The largest absolute Gasteiger partial charge is 0.364 e. The monoisotopic (exact) mass is 256 g/mol. The van der Waals surface area contributed by atoms with Crippen LogP contribution in [0.4, 0.5) is 0 Å². The summed E-state index contributed by atoms with van der Waals surface area (Å²) in [6.07, 6.45) is 4.90. The van der Waals surface area contributed by atoms with Crippen LogP contribution in [0.2, 0.25) is 0 Å². The van der Waals surface area contributed by atoms with E-state index in [2.05, 4.69) is 17.6 Å². The molecule has 19 heavy (non-hydrogen) atoms. The summed E-state index contributed by atoms with van der Waals surface area (Å²) in [5.74, 6) is 0.275. The highest BCUT2D eigenvalue weighted by Gasteiger charge is 2.27. The zero-order chi connectivity index (χ0) is 13.4. The van der Waals surface area contributed by atoms with Crippen LogP contribution in [0.15, 0.2) is 30.3 Å². The molecule has 1 heterocycles. The van der Waals surface area contributed by atoms with E-state index in [4.69, 9.17) is 5.73 Å². The van der Waals surface area contributed by atoms with Crippen molar-refractivity contribution in [3.63, 3.8) is 0 Å². The van der Waals surface area contributed by atoms with Gasteiger partial charge in [0.05, 0.1) is 0 Å². The first-order chi connectivity index (χ1) is 9.18. The van der Waals surface area contributed by atoms with Gasteiger partial charge < -0.3 is 10.3 Å². The molecule has 3 nitrogen and oxygen atoms in total. The van der Waals surface area contributed by atoms with Crippen molar-refractivity contribution >= 4 is 16.8 Å². The van der Waals surface area contributed by atoms with E-state index in [9.17, 15) is 4.79 Å². The van der Waals surface area contributed by atoms with Crippen LogP contribution in [0.25, 0.3) is 10.9 Å². The summed E-state index contributed by atoms with van der Waals surface area (Å²) in [4.78, 5) is 11.7. The van der Waals surface area contributed by atoms with Crippen LogP contribution in [-0.4, -0.2) is 10.5 Å². The van der Waals surface area contributed by atoms with Gasteiger partial charge in [-0.15, -0.1) is 0 Å². The number of nitrogens with zero attached hydrogens (tertiary/aromatic N) is 1. The summed E-state index contributed by atoms with van der Waals surface area (Å²) in [5, 5.41) is 1.11. The summed E-state index contributed by atoms with van der Waals surface area (Å²) in [7, 11) is 0. The highest BCUT2D eigenvalue weighted by atomic mass is 16.1. The summed E-state index contributed by atoms with van der Waals surface area (Å²) < 4.78 is 2.18. The number of nitrogens with two attached hydrogens (primary N) is 1. The van der Waals surface area contributed by atoms with E-state index in [0.29, 0.717) is 17.7 Å². The second-order valence-corrected chi connectivity index (χ2v) is 5.65. The van der Waals surface area contributed by atoms with Crippen molar-refractivity contribution in [2.75, 3.05) is 0 Å². The van der Waals surface area contributed by atoms with Gasteiger partial charge in [0.25, 0.3) is 5.91 Å². The smallest absolute Gasteiger partial charge is 0.265 e. The molecule has 100 valence electrons. The predicted octanol–water partition coefficient (Wildman–Crippen LogP) is 3.49. The minimum absolute atomic E-state index is 0.325. The third-order valence-corrected chi connectivity index (χ3v) is 4.40. The van der Waals surface area contributed by atoms with E-state index in [1.54, 1.807) is 0 Å². The average molecular weight is 256 g/mol. The molecule has 3 rings (SSSR count). The van der Waals surface area contributed by atoms with Crippen molar-refractivity contribution in [2.24, 2.45) is 11.7 Å². The number of hydrogen-bond donors (Lipinski definition) is 1. The number of benzene rings is 1. The van der Waals surface area contributed by atoms with Crippen LogP contribution in [0, 0.1) is 5.92 Å². The van der Waals surface area contributed by atoms with E-state index in [0.717, 1.165) is 17.3 Å². The number of primary amides is 1. The van der Waals surface area contributed by atoms with Gasteiger partial charge >= 0.3 is 0 Å². The Balaban J connectivity index is 2.19. The summed E-state index contributed by atoms with van der Waals surface area (Å²) in [6.45, 7) is 2.28. The van der Waals surface area contributed by atoms with Crippen LogP contribution >= 0.6 is 0 Å². The number of rotatable bonds is 2. The molecule has 1 aliphatic carbocycles. The van der Waals surface area contributed by atoms with Gasteiger partial charge in [-0.05, 0) is 30.9 Å². The lowest BCUT2D eigenvalue weighted by molar-refractivity contribution is 0.0985. The topological polar surface area (TPSA) is 48.0 Å². The van der Waals surface area contributed by atoms with Crippen LogP contribution in [0.1, 0.15) is 49.1 Å². The molecular formula is C16H20N2O. The molecule has 0 spiro atoms. The molecule has 1 aromatic heterocycles. The van der Waals surface area contributed by atoms with Gasteiger partial charge in [-0.1, -0.05) is 38.0 Å². The molecule has 0 bridgehead atoms. The first-order valence-electron chi connectivity index (χ1n) is 7.08. The van der Waals surface area contributed by atoms with E-state index in [-0.39, 0.29) is 5.91 Å². The summed E-state index contributed by atoms with van der Waals surface area (Å²) in [6, 6.07) is 10.5. The van der Waals surface area contributed by atoms with Crippen molar-refractivity contribution < 1.29 is 4.79 Å². The number of amides is 1. The van der Waals surface area contributed by atoms with Crippen LogP contribution in [-0.2, 0) is 0 Å². The molecule has 0 radical (unpaired) electrons. The zero-order valence-electron chi connectivity index (χ0n) is 11.3. The molecular weight excluding hydrogens is 236 g/mol. The molecule has 1 aromatic carbocycles. The fraction of sp³-hybridized carbons (Fsp3) is 0.438. The van der Waals surface area contributed by atoms with Crippen LogP contribution in [0.5, 0.6) is 0 Å². The fourth-order valence-electron chi connectivity index (χ4n) is 3.40. The van der Waals surface area contributed by atoms with Gasteiger partial charge in [0, 0.05) is 16.9 Å². The predicted molar refractivity (Wildman–Crippen MR) is 77.1 cm³/mol. The van der Waals surface area contributed by atoms with E-state index >= 15 is 0 Å². The summed E-state index contributed by atoms with van der Waals surface area (Å²) in [5.41, 5.74) is 7.36. The second kappa shape index (κ2) is 4.72. The van der Waals surface area contributed by atoms with Gasteiger partial charge in [-0.25, -0.2) is 0 Å².